The molecule has 15 heavy (non-hydrogen) atoms. The molecule has 2 rings (SSSR count). The average Bonchev–Trinajstić information content (AvgIpc) is 2.68. The van der Waals surface area contributed by atoms with Crippen LogP contribution in [0.3, 0.4) is 0 Å². The van der Waals surface area contributed by atoms with E-state index in [0.717, 1.165) is 4.88 Å². The molecule has 0 aliphatic rings. The lowest BCUT2D eigenvalue weighted by Gasteiger charge is -1.87. The maximum atomic E-state index is 10.9. The molecular weight excluding hydrogens is 208 g/mol. The van der Waals surface area contributed by atoms with Crippen molar-refractivity contribution in [1.29, 1.82) is 0 Å². The molecule has 0 saturated carbocycles. The maximum absolute atomic E-state index is 10.9. The minimum atomic E-state index is -0.326. The van der Waals surface area contributed by atoms with Gasteiger partial charge in [-0.05, 0) is 23.6 Å². The van der Waals surface area contributed by atoms with Crippen LogP contribution in [0.2, 0.25) is 0 Å². The Kier molecular flexibility index (Phi) is 2.83. The van der Waals surface area contributed by atoms with Crippen LogP contribution in [-0.4, -0.2) is 13.1 Å². The van der Waals surface area contributed by atoms with Gasteiger partial charge in [-0.3, -0.25) is 0 Å². The molecule has 0 aliphatic carbocycles. The van der Waals surface area contributed by atoms with E-state index in [4.69, 9.17) is 0 Å². The highest BCUT2D eigenvalue weighted by atomic mass is 32.1. The highest BCUT2D eigenvalue weighted by molar-refractivity contribution is 7.19. The molecule has 0 bridgehead atoms. The lowest BCUT2D eigenvalue weighted by atomic mass is 10.2. The standard InChI is InChI=1S/C12H10O2S/c1-14-12(13)7-6-10-8-9-4-2-3-5-11(9)15-10/h2-8H,1H3. The first-order valence-electron chi connectivity index (χ1n) is 4.54. The lowest BCUT2D eigenvalue weighted by molar-refractivity contribution is -0.134. The van der Waals surface area contributed by atoms with E-state index in [0.29, 0.717) is 0 Å². The van der Waals surface area contributed by atoms with Gasteiger partial charge in [0.05, 0.1) is 7.11 Å². The van der Waals surface area contributed by atoms with Crippen LogP contribution in [0.4, 0.5) is 0 Å². The number of esters is 1. The first kappa shape index (κ1) is 9.93. The van der Waals surface area contributed by atoms with Crippen molar-refractivity contribution in [2.24, 2.45) is 0 Å². The van der Waals surface area contributed by atoms with Gasteiger partial charge in [0.2, 0.25) is 0 Å². The van der Waals surface area contributed by atoms with E-state index in [1.54, 1.807) is 17.4 Å². The number of benzene rings is 1. The van der Waals surface area contributed by atoms with Gasteiger partial charge in [0.15, 0.2) is 0 Å². The summed E-state index contributed by atoms with van der Waals surface area (Å²) >= 11 is 1.66. The van der Waals surface area contributed by atoms with Crippen molar-refractivity contribution in [1.82, 2.24) is 0 Å². The number of rotatable bonds is 2. The third kappa shape index (κ3) is 2.25. The second kappa shape index (κ2) is 4.28. The van der Waals surface area contributed by atoms with Crippen molar-refractivity contribution < 1.29 is 9.53 Å². The molecule has 1 heterocycles. The first-order chi connectivity index (χ1) is 7.29. The highest BCUT2D eigenvalue weighted by Crippen LogP contribution is 2.25. The van der Waals surface area contributed by atoms with Crippen molar-refractivity contribution in [3.63, 3.8) is 0 Å². The van der Waals surface area contributed by atoms with E-state index in [-0.39, 0.29) is 5.97 Å². The predicted molar refractivity (Wildman–Crippen MR) is 62.9 cm³/mol. The van der Waals surface area contributed by atoms with Crippen LogP contribution >= 0.6 is 11.3 Å². The van der Waals surface area contributed by atoms with Crippen LogP contribution in [-0.2, 0) is 9.53 Å². The Balaban J connectivity index is 2.29. The minimum absolute atomic E-state index is 0.326. The molecule has 0 fully saturated rings. The lowest BCUT2D eigenvalue weighted by Crippen LogP contribution is -1.92. The zero-order chi connectivity index (χ0) is 10.7. The molecule has 2 nitrogen and oxygen atoms in total. The Labute approximate surface area is 91.8 Å². The molecule has 0 aliphatic heterocycles. The number of thiophene rings is 1. The van der Waals surface area contributed by atoms with Crippen LogP contribution in [0.25, 0.3) is 16.2 Å². The van der Waals surface area contributed by atoms with Gasteiger partial charge >= 0.3 is 5.97 Å². The number of methoxy groups -OCH3 is 1. The molecule has 0 N–H and O–H groups in total. The highest BCUT2D eigenvalue weighted by Gasteiger charge is 1.98. The topological polar surface area (TPSA) is 26.3 Å². The normalized spacial score (nSPS) is 11.0. The fourth-order valence-corrected chi connectivity index (χ4v) is 2.27. The Morgan fingerprint density at radius 1 is 1.40 bits per heavy atom. The number of fused-ring (bicyclic) bond motifs is 1. The van der Waals surface area contributed by atoms with Gasteiger partial charge in [-0.1, -0.05) is 18.2 Å². The van der Waals surface area contributed by atoms with Gasteiger partial charge in [-0.2, -0.15) is 0 Å². The SMILES string of the molecule is COC(=O)C=Cc1cc2ccccc2s1. The Bertz CT molecular complexity index is 478. The Morgan fingerprint density at radius 3 is 2.93 bits per heavy atom. The van der Waals surface area contributed by atoms with Gasteiger partial charge in [-0.25, -0.2) is 4.79 Å². The van der Waals surface area contributed by atoms with Crippen LogP contribution < -0.4 is 0 Å². The largest absolute Gasteiger partial charge is 0.466 e. The summed E-state index contributed by atoms with van der Waals surface area (Å²) in [6.07, 6.45) is 3.21. The van der Waals surface area contributed by atoms with E-state index >= 15 is 0 Å². The number of hydrogen-bond acceptors (Lipinski definition) is 3. The first-order valence-corrected chi connectivity index (χ1v) is 5.36. The van der Waals surface area contributed by atoms with Gasteiger partial charge in [0, 0.05) is 15.7 Å². The summed E-state index contributed by atoms with van der Waals surface area (Å²) in [5.41, 5.74) is 0. The van der Waals surface area contributed by atoms with E-state index in [1.807, 2.05) is 12.1 Å². The van der Waals surface area contributed by atoms with Crippen LogP contribution in [0, 0.1) is 0 Å². The summed E-state index contributed by atoms with van der Waals surface area (Å²) in [7, 11) is 1.37. The maximum Gasteiger partial charge on any atom is 0.330 e. The average molecular weight is 218 g/mol. The molecule has 0 spiro atoms. The van der Waals surface area contributed by atoms with E-state index in [1.165, 1.54) is 23.3 Å². The second-order valence-electron chi connectivity index (χ2n) is 3.04. The van der Waals surface area contributed by atoms with Gasteiger partial charge in [-0.15, -0.1) is 11.3 Å². The van der Waals surface area contributed by atoms with Crippen LogP contribution in [0.1, 0.15) is 4.88 Å². The molecule has 0 unspecified atom stereocenters. The number of carbonyl (C=O) groups excluding carboxylic acids is 1. The molecule has 2 aromatic rings. The van der Waals surface area contributed by atoms with Crippen molar-refractivity contribution in [3.05, 3.63) is 41.3 Å². The predicted octanol–water partition coefficient (Wildman–Crippen LogP) is 3.09. The van der Waals surface area contributed by atoms with Gasteiger partial charge in [0.1, 0.15) is 0 Å². The number of hydrogen-bond donors (Lipinski definition) is 0. The summed E-state index contributed by atoms with van der Waals surface area (Å²) in [5.74, 6) is -0.326. The zero-order valence-electron chi connectivity index (χ0n) is 8.27. The fourth-order valence-electron chi connectivity index (χ4n) is 1.30. The van der Waals surface area contributed by atoms with E-state index in [9.17, 15) is 4.79 Å². The quantitative estimate of drug-likeness (QED) is 0.572. The third-order valence-electron chi connectivity index (χ3n) is 2.03. The smallest absolute Gasteiger partial charge is 0.330 e. The van der Waals surface area contributed by atoms with Crippen molar-refractivity contribution in [3.8, 4) is 0 Å². The minimum Gasteiger partial charge on any atom is -0.466 e. The molecule has 0 atom stereocenters. The van der Waals surface area contributed by atoms with E-state index in [2.05, 4.69) is 22.9 Å². The Hall–Kier alpha value is -1.61. The van der Waals surface area contributed by atoms with Crippen molar-refractivity contribution >= 4 is 33.5 Å². The summed E-state index contributed by atoms with van der Waals surface area (Å²) in [6.45, 7) is 0. The molecule has 1 aromatic carbocycles. The summed E-state index contributed by atoms with van der Waals surface area (Å²) in [6, 6.07) is 10.2. The fraction of sp³-hybridized carbons (Fsp3) is 0.0833. The van der Waals surface area contributed by atoms with Gasteiger partial charge < -0.3 is 4.74 Å². The van der Waals surface area contributed by atoms with Crippen LogP contribution in [0.5, 0.6) is 0 Å². The zero-order valence-corrected chi connectivity index (χ0v) is 9.08. The third-order valence-corrected chi connectivity index (χ3v) is 3.11. The molecule has 1 aromatic heterocycles. The van der Waals surface area contributed by atoms with Gasteiger partial charge in [0.25, 0.3) is 0 Å². The number of ether oxygens (including phenoxy) is 1. The molecule has 3 heteroatoms. The monoisotopic (exact) mass is 218 g/mol. The van der Waals surface area contributed by atoms with Crippen LogP contribution in [0.15, 0.2) is 36.4 Å². The molecular formula is C12H10O2S. The van der Waals surface area contributed by atoms with E-state index < -0.39 is 0 Å². The Morgan fingerprint density at radius 2 is 2.20 bits per heavy atom. The van der Waals surface area contributed by atoms with Crippen molar-refractivity contribution in [2.45, 2.75) is 0 Å². The molecule has 0 amide bonds. The van der Waals surface area contributed by atoms with Crippen molar-refractivity contribution in [2.75, 3.05) is 7.11 Å². The molecule has 0 radical (unpaired) electrons. The molecule has 76 valence electrons. The summed E-state index contributed by atoms with van der Waals surface area (Å²) in [4.78, 5) is 12.0. The molecule has 0 saturated heterocycles. The summed E-state index contributed by atoms with van der Waals surface area (Å²) in [5, 5.41) is 1.20. The second-order valence-corrected chi connectivity index (χ2v) is 4.16. The number of carbonyl (C=O) groups is 1. The summed E-state index contributed by atoms with van der Waals surface area (Å²) < 4.78 is 5.75.